The third kappa shape index (κ3) is 2.71. The molecule has 1 heterocycles. The molecular formula is C16H22N2O. The number of aliphatic hydroxyl groups is 1. The summed E-state index contributed by atoms with van der Waals surface area (Å²) in [5.74, 6) is 0.707. The summed E-state index contributed by atoms with van der Waals surface area (Å²) in [7, 11) is 0. The summed E-state index contributed by atoms with van der Waals surface area (Å²) in [6.45, 7) is 6.93. The highest BCUT2D eigenvalue weighted by Crippen LogP contribution is 2.28. The number of aromatic nitrogens is 2. The molecule has 102 valence electrons. The molecule has 0 aliphatic heterocycles. The number of rotatable bonds is 5. The second-order valence-electron chi connectivity index (χ2n) is 5.07. The lowest BCUT2D eigenvalue weighted by molar-refractivity contribution is 0.0879. The fourth-order valence-electron chi connectivity index (χ4n) is 2.35. The van der Waals surface area contributed by atoms with Crippen LogP contribution < -0.4 is 0 Å². The Kier molecular flexibility index (Phi) is 4.05. The van der Waals surface area contributed by atoms with Crippen molar-refractivity contribution in [3.8, 4) is 0 Å². The molecule has 2 aromatic rings. The smallest absolute Gasteiger partial charge is 0.145 e. The van der Waals surface area contributed by atoms with Crippen molar-refractivity contribution in [2.75, 3.05) is 0 Å². The zero-order chi connectivity index (χ0) is 13.9. The molecule has 0 saturated carbocycles. The zero-order valence-corrected chi connectivity index (χ0v) is 11.9. The summed E-state index contributed by atoms with van der Waals surface area (Å²) < 4.78 is 2.02. The molecule has 0 aliphatic carbocycles. The van der Waals surface area contributed by atoms with Gasteiger partial charge >= 0.3 is 0 Å². The maximum atomic E-state index is 10.8. The molecule has 0 radical (unpaired) electrons. The molecule has 19 heavy (non-hydrogen) atoms. The highest BCUT2D eigenvalue weighted by molar-refractivity contribution is 5.31. The third-order valence-electron chi connectivity index (χ3n) is 3.54. The summed E-state index contributed by atoms with van der Waals surface area (Å²) in [5, 5.41) is 10.8. The van der Waals surface area contributed by atoms with Gasteiger partial charge in [0.2, 0.25) is 0 Å². The van der Waals surface area contributed by atoms with Crippen LogP contribution in [-0.4, -0.2) is 14.7 Å². The van der Waals surface area contributed by atoms with Crippen molar-refractivity contribution in [3.05, 3.63) is 53.6 Å². The van der Waals surface area contributed by atoms with Crippen LogP contribution in [0, 0.1) is 0 Å². The van der Waals surface area contributed by atoms with Gasteiger partial charge in [-0.05, 0) is 30.9 Å². The maximum absolute atomic E-state index is 10.8. The molecule has 1 N–H and O–H groups in total. The van der Waals surface area contributed by atoms with Crippen LogP contribution in [0.3, 0.4) is 0 Å². The Balaban J connectivity index is 2.36. The molecule has 1 atom stereocenters. The Bertz CT molecular complexity index is 526. The fourth-order valence-corrected chi connectivity index (χ4v) is 2.35. The van der Waals surface area contributed by atoms with Crippen LogP contribution in [0.15, 0.2) is 36.7 Å². The molecule has 1 aromatic carbocycles. The largest absolute Gasteiger partial charge is 0.377 e. The minimum Gasteiger partial charge on any atom is -0.377 e. The minimum atomic E-state index is -1.05. The number of aryl methyl sites for hydroxylation is 2. The van der Waals surface area contributed by atoms with Crippen molar-refractivity contribution in [2.45, 2.75) is 45.8 Å². The lowest BCUT2D eigenvalue weighted by Gasteiger charge is -2.24. The molecule has 0 aliphatic rings. The molecular weight excluding hydrogens is 236 g/mol. The standard InChI is InChI=1S/C16H22N2O/c1-4-11-18-12-10-17-15(18)16(3,19)14-8-6-13(5-2)7-9-14/h6-10,12,19H,4-5,11H2,1-3H3. The van der Waals surface area contributed by atoms with Crippen LogP contribution >= 0.6 is 0 Å². The van der Waals surface area contributed by atoms with Gasteiger partial charge in [-0.25, -0.2) is 4.98 Å². The van der Waals surface area contributed by atoms with E-state index in [9.17, 15) is 5.11 Å². The Morgan fingerprint density at radius 3 is 2.47 bits per heavy atom. The average molecular weight is 258 g/mol. The summed E-state index contributed by atoms with van der Waals surface area (Å²) >= 11 is 0. The van der Waals surface area contributed by atoms with E-state index in [0.29, 0.717) is 5.82 Å². The Morgan fingerprint density at radius 1 is 1.21 bits per heavy atom. The van der Waals surface area contributed by atoms with Gasteiger partial charge in [0.1, 0.15) is 11.4 Å². The highest BCUT2D eigenvalue weighted by atomic mass is 16.3. The van der Waals surface area contributed by atoms with Gasteiger partial charge < -0.3 is 9.67 Å². The molecule has 0 fully saturated rings. The lowest BCUT2D eigenvalue weighted by atomic mass is 9.93. The van der Waals surface area contributed by atoms with Gasteiger partial charge in [0.25, 0.3) is 0 Å². The van der Waals surface area contributed by atoms with E-state index in [1.54, 1.807) is 6.20 Å². The molecule has 0 saturated heterocycles. The molecule has 0 amide bonds. The first kappa shape index (κ1) is 13.8. The topological polar surface area (TPSA) is 38.0 Å². The van der Waals surface area contributed by atoms with E-state index in [0.717, 1.165) is 24.9 Å². The van der Waals surface area contributed by atoms with Gasteiger partial charge in [-0.2, -0.15) is 0 Å². The number of nitrogens with zero attached hydrogens (tertiary/aromatic N) is 2. The minimum absolute atomic E-state index is 0.707. The fraction of sp³-hybridized carbons (Fsp3) is 0.438. The lowest BCUT2D eigenvalue weighted by Crippen LogP contribution is -2.27. The van der Waals surface area contributed by atoms with E-state index >= 15 is 0 Å². The first-order chi connectivity index (χ1) is 9.09. The van der Waals surface area contributed by atoms with E-state index in [2.05, 4.69) is 31.0 Å². The van der Waals surface area contributed by atoms with E-state index in [-0.39, 0.29) is 0 Å². The summed E-state index contributed by atoms with van der Waals surface area (Å²) in [6, 6.07) is 8.11. The quantitative estimate of drug-likeness (QED) is 0.895. The predicted octanol–water partition coefficient (Wildman–Crippen LogP) is 3.11. The molecule has 2 rings (SSSR count). The molecule has 0 bridgehead atoms. The van der Waals surface area contributed by atoms with Crippen molar-refractivity contribution in [2.24, 2.45) is 0 Å². The first-order valence-electron chi connectivity index (χ1n) is 6.93. The van der Waals surface area contributed by atoms with E-state index in [1.807, 2.05) is 29.8 Å². The number of hydrogen-bond acceptors (Lipinski definition) is 2. The predicted molar refractivity (Wildman–Crippen MR) is 77.0 cm³/mol. The third-order valence-corrected chi connectivity index (χ3v) is 3.54. The number of benzene rings is 1. The van der Waals surface area contributed by atoms with Crippen molar-refractivity contribution < 1.29 is 5.11 Å². The van der Waals surface area contributed by atoms with Crippen molar-refractivity contribution >= 4 is 0 Å². The van der Waals surface area contributed by atoms with Gasteiger partial charge in [-0.1, -0.05) is 38.1 Å². The van der Waals surface area contributed by atoms with Gasteiger partial charge in [0.15, 0.2) is 0 Å². The molecule has 3 heteroatoms. The van der Waals surface area contributed by atoms with Gasteiger partial charge in [0.05, 0.1) is 0 Å². The van der Waals surface area contributed by atoms with Crippen molar-refractivity contribution in [3.63, 3.8) is 0 Å². The van der Waals surface area contributed by atoms with Crippen LogP contribution in [0.1, 0.15) is 44.1 Å². The first-order valence-corrected chi connectivity index (χ1v) is 6.93. The highest BCUT2D eigenvalue weighted by Gasteiger charge is 2.30. The van der Waals surface area contributed by atoms with Crippen LogP contribution in [0.2, 0.25) is 0 Å². The van der Waals surface area contributed by atoms with Gasteiger partial charge in [-0.15, -0.1) is 0 Å². The number of hydrogen-bond donors (Lipinski definition) is 1. The summed E-state index contributed by atoms with van der Waals surface area (Å²) in [5.41, 5.74) is 1.11. The van der Waals surface area contributed by atoms with Crippen LogP contribution in [0.5, 0.6) is 0 Å². The van der Waals surface area contributed by atoms with Crippen molar-refractivity contribution in [1.29, 1.82) is 0 Å². The zero-order valence-electron chi connectivity index (χ0n) is 11.9. The Morgan fingerprint density at radius 2 is 1.89 bits per heavy atom. The van der Waals surface area contributed by atoms with E-state index < -0.39 is 5.60 Å². The second-order valence-corrected chi connectivity index (χ2v) is 5.07. The summed E-state index contributed by atoms with van der Waals surface area (Å²) in [4.78, 5) is 4.34. The van der Waals surface area contributed by atoms with Crippen LogP contribution in [0.25, 0.3) is 0 Å². The summed E-state index contributed by atoms with van der Waals surface area (Å²) in [6.07, 6.45) is 5.70. The average Bonchev–Trinajstić information content (AvgIpc) is 2.88. The van der Waals surface area contributed by atoms with Gasteiger partial charge in [0, 0.05) is 18.9 Å². The SMILES string of the molecule is CCCn1ccnc1C(C)(O)c1ccc(CC)cc1. The van der Waals surface area contributed by atoms with E-state index in [1.165, 1.54) is 5.56 Å². The van der Waals surface area contributed by atoms with Crippen molar-refractivity contribution in [1.82, 2.24) is 9.55 Å². The monoisotopic (exact) mass is 258 g/mol. The molecule has 0 spiro atoms. The maximum Gasteiger partial charge on any atom is 0.145 e. The molecule has 1 aromatic heterocycles. The van der Waals surface area contributed by atoms with Gasteiger partial charge in [-0.3, -0.25) is 0 Å². The Hall–Kier alpha value is -1.61. The molecule has 1 unspecified atom stereocenters. The Labute approximate surface area is 114 Å². The second kappa shape index (κ2) is 5.57. The molecule has 3 nitrogen and oxygen atoms in total. The normalized spacial score (nSPS) is 14.3. The van der Waals surface area contributed by atoms with Crippen LogP contribution in [-0.2, 0) is 18.6 Å². The van der Waals surface area contributed by atoms with Crippen LogP contribution in [0.4, 0.5) is 0 Å². The number of imidazole rings is 1. The van der Waals surface area contributed by atoms with E-state index in [4.69, 9.17) is 0 Å².